The Hall–Kier alpha value is -2.05. The smallest absolute Gasteiger partial charge is 0.450 e. The third-order valence-electron chi connectivity index (χ3n) is 10.9. The van der Waals surface area contributed by atoms with Gasteiger partial charge in [-0.05, 0) is 106 Å². The van der Waals surface area contributed by atoms with Crippen LogP contribution in [-0.2, 0) is 9.53 Å². The first-order valence-electron chi connectivity index (χ1n) is 13.0. The van der Waals surface area contributed by atoms with Gasteiger partial charge >= 0.3 is 12.0 Å². The van der Waals surface area contributed by atoms with Crippen LogP contribution in [-0.4, -0.2) is 17.0 Å². The van der Waals surface area contributed by atoms with Gasteiger partial charge in [-0.1, -0.05) is 13.8 Å². The quantitative estimate of drug-likeness (QED) is 0.522. The molecule has 1 aromatic rings. The van der Waals surface area contributed by atoms with E-state index in [0.29, 0.717) is 35.2 Å². The maximum absolute atomic E-state index is 12.4. The van der Waals surface area contributed by atoms with Gasteiger partial charge in [0.15, 0.2) is 17.6 Å². The number of hydrogen-bond donors (Lipinski definition) is 1. The molecule has 4 fully saturated rings. The van der Waals surface area contributed by atoms with Gasteiger partial charge in [0.2, 0.25) is 0 Å². The monoisotopic (exact) mass is 474 g/mol. The van der Waals surface area contributed by atoms with E-state index in [1.54, 1.807) is 13.8 Å². The van der Waals surface area contributed by atoms with Gasteiger partial charge in [0, 0.05) is 11.8 Å². The molecule has 188 valence electrons. The molecule has 5 rings (SSSR count). The molecule has 4 aliphatic rings. The summed E-state index contributed by atoms with van der Waals surface area (Å²) in [4.78, 5) is 35.5. The lowest BCUT2D eigenvalue weighted by Gasteiger charge is -2.61. The Morgan fingerprint density at radius 1 is 1.00 bits per heavy atom. The Labute approximate surface area is 200 Å². The number of fused-ring (bicyclic) bond motifs is 5. The first-order valence-corrected chi connectivity index (χ1v) is 13.0. The van der Waals surface area contributed by atoms with Gasteiger partial charge in [0.1, 0.15) is 5.78 Å². The Morgan fingerprint density at radius 3 is 2.35 bits per heavy atom. The maximum Gasteiger partial charge on any atom is 0.519 e. The Morgan fingerprint density at radius 2 is 1.71 bits per heavy atom. The van der Waals surface area contributed by atoms with Crippen molar-refractivity contribution < 1.29 is 28.3 Å². The molecule has 7 nitrogen and oxygen atoms in total. The molecule has 0 amide bonds. The second kappa shape index (κ2) is 8.27. The second-order valence-corrected chi connectivity index (χ2v) is 12.2. The lowest BCUT2D eigenvalue weighted by atomic mass is 9.44. The highest BCUT2D eigenvalue weighted by Gasteiger charge is 2.61. The number of aryl methyl sites for hydroxylation is 1. The Balaban J connectivity index is 1.37. The van der Waals surface area contributed by atoms with Crippen molar-refractivity contribution in [1.82, 2.24) is 0 Å². The number of rotatable bonds is 4. The van der Waals surface area contributed by atoms with E-state index < -0.39 is 18.1 Å². The molecule has 9 atom stereocenters. The molecule has 0 saturated heterocycles. The third kappa shape index (κ3) is 3.56. The average Bonchev–Trinajstić information content (AvgIpc) is 3.29. The van der Waals surface area contributed by atoms with Crippen molar-refractivity contribution in [2.75, 3.05) is 0 Å². The molecule has 1 aromatic heterocycles. The van der Waals surface area contributed by atoms with Crippen molar-refractivity contribution in [2.45, 2.75) is 91.6 Å². The summed E-state index contributed by atoms with van der Waals surface area (Å²) >= 11 is 0. The standard InChI is InChI=1S/C27H38O7/c1-14(28)19-7-8-20-18-6-5-17-13-16(9-11-26(17,3)21(18)10-12-27(19,20)4)23(33-24(29)30)22-15(2)32-25(31)34-22/h16-21,23H,5-13H2,1-4H3,(H,29,30)/t16-,17+,18+,19-,20+,21+,23?,26+,27-/m1/s1. The van der Waals surface area contributed by atoms with E-state index in [9.17, 15) is 19.5 Å². The fraction of sp³-hybridized carbons (Fsp3) is 0.815. The first kappa shape index (κ1) is 23.7. The summed E-state index contributed by atoms with van der Waals surface area (Å²) in [5.41, 5.74) is 0.374. The normalized spacial score (nSPS) is 42.2. The van der Waals surface area contributed by atoms with Crippen LogP contribution in [0.1, 0.15) is 96.2 Å². The van der Waals surface area contributed by atoms with Crippen LogP contribution in [0, 0.1) is 53.3 Å². The zero-order chi connectivity index (χ0) is 24.4. The molecular formula is C27H38O7. The number of carbonyl (C=O) groups excluding carboxylic acids is 1. The zero-order valence-corrected chi connectivity index (χ0v) is 20.8. The molecule has 4 aliphatic carbocycles. The molecule has 0 spiro atoms. The number of carbonyl (C=O) groups is 2. The highest BCUT2D eigenvalue weighted by atomic mass is 16.7. The van der Waals surface area contributed by atoms with Crippen molar-refractivity contribution >= 4 is 11.9 Å². The van der Waals surface area contributed by atoms with Crippen LogP contribution in [0.3, 0.4) is 0 Å². The number of ketones is 1. The minimum absolute atomic E-state index is 0.0346. The zero-order valence-electron chi connectivity index (χ0n) is 20.8. The molecule has 1 heterocycles. The lowest BCUT2D eigenvalue weighted by Crippen LogP contribution is -2.54. The Kier molecular flexibility index (Phi) is 5.76. The summed E-state index contributed by atoms with van der Waals surface area (Å²) < 4.78 is 15.5. The summed E-state index contributed by atoms with van der Waals surface area (Å²) in [6.07, 6.45) is 7.40. The SMILES string of the molecule is CC(=O)[C@H]1CC[C@H]2[C@@H]3CC[C@H]4C[C@H](C(OC(=O)O)c5oc(=O)oc5C)CC[C@]4(C)[C@H]3CC[C@]12C. The molecule has 0 aromatic carbocycles. The number of ether oxygens (including phenoxy) is 1. The summed E-state index contributed by atoms with van der Waals surface area (Å²) in [5.74, 6) is 2.71. The van der Waals surface area contributed by atoms with Crippen LogP contribution >= 0.6 is 0 Å². The van der Waals surface area contributed by atoms with Crippen LogP contribution in [0.2, 0.25) is 0 Å². The van der Waals surface area contributed by atoms with Gasteiger partial charge in [0.05, 0.1) is 0 Å². The van der Waals surface area contributed by atoms with Crippen LogP contribution < -0.4 is 5.82 Å². The van der Waals surface area contributed by atoms with Crippen LogP contribution in [0.5, 0.6) is 0 Å². The summed E-state index contributed by atoms with van der Waals surface area (Å²) in [6.45, 7) is 8.24. The predicted octanol–water partition coefficient (Wildman–Crippen LogP) is 6.14. The Bertz CT molecular complexity index is 1020. The van der Waals surface area contributed by atoms with Crippen molar-refractivity contribution in [3.05, 3.63) is 22.1 Å². The number of Topliss-reactive ketones (excluding diaryl/α,β-unsaturated/α-hetero) is 1. The average molecular weight is 475 g/mol. The molecule has 7 heteroatoms. The van der Waals surface area contributed by atoms with Gasteiger partial charge in [-0.3, -0.25) is 4.79 Å². The third-order valence-corrected chi connectivity index (χ3v) is 10.9. The summed E-state index contributed by atoms with van der Waals surface area (Å²) in [7, 11) is 0. The van der Waals surface area contributed by atoms with Crippen molar-refractivity contribution in [2.24, 2.45) is 46.3 Å². The molecule has 1 unspecified atom stereocenters. The molecule has 0 bridgehead atoms. The second-order valence-electron chi connectivity index (χ2n) is 12.2. The minimum Gasteiger partial charge on any atom is -0.450 e. The van der Waals surface area contributed by atoms with Gasteiger partial charge in [-0.2, -0.15) is 0 Å². The topological polar surface area (TPSA) is 107 Å². The first-order chi connectivity index (χ1) is 16.0. The largest absolute Gasteiger partial charge is 0.519 e. The van der Waals surface area contributed by atoms with Gasteiger partial charge < -0.3 is 18.7 Å². The highest BCUT2D eigenvalue weighted by Crippen LogP contribution is 2.68. The van der Waals surface area contributed by atoms with Crippen LogP contribution in [0.15, 0.2) is 13.6 Å². The molecular weight excluding hydrogens is 436 g/mol. The van der Waals surface area contributed by atoms with Crippen molar-refractivity contribution in [3.8, 4) is 0 Å². The molecule has 0 aliphatic heterocycles. The molecule has 34 heavy (non-hydrogen) atoms. The van der Waals surface area contributed by atoms with E-state index in [1.807, 2.05) is 0 Å². The van der Waals surface area contributed by atoms with Gasteiger partial charge in [0.25, 0.3) is 0 Å². The minimum atomic E-state index is -1.36. The highest BCUT2D eigenvalue weighted by molar-refractivity contribution is 5.79. The maximum atomic E-state index is 12.4. The van der Waals surface area contributed by atoms with E-state index >= 15 is 0 Å². The van der Waals surface area contributed by atoms with E-state index in [-0.39, 0.29) is 28.4 Å². The lowest BCUT2D eigenvalue weighted by molar-refractivity contribution is -0.138. The molecule has 4 saturated carbocycles. The van der Waals surface area contributed by atoms with Crippen molar-refractivity contribution in [3.63, 3.8) is 0 Å². The molecule has 1 N–H and O–H groups in total. The van der Waals surface area contributed by atoms with Gasteiger partial charge in [-0.15, -0.1) is 0 Å². The number of hydrogen-bond acceptors (Lipinski definition) is 6. The van der Waals surface area contributed by atoms with E-state index in [2.05, 4.69) is 13.8 Å². The van der Waals surface area contributed by atoms with Crippen LogP contribution in [0.25, 0.3) is 0 Å². The van der Waals surface area contributed by atoms with E-state index in [4.69, 9.17) is 13.6 Å². The van der Waals surface area contributed by atoms with E-state index in [1.165, 1.54) is 19.3 Å². The number of carboxylic acid groups (broad SMARTS) is 1. The fourth-order valence-electron chi connectivity index (χ4n) is 9.32. The fourth-order valence-corrected chi connectivity index (χ4v) is 9.32. The van der Waals surface area contributed by atoms with Crippen molar-refractivity contribution in [1.29, 1.82) is 0 Å². The van der Waals surface area contributed by atoms with Crippen LogP contribution in [0.4, 0.5) is 4.79 Å². The predicted molar refractivity (Wildman–Crippen MR) is 123 cm³/mol. The van der Waals surface area contributed by atoms with E-state index in [0.717, 1.165) is 38.5 Å². The van der Waals surface area contributed by atoms with Gasteiger partial charge in [-0.25, -0.2) is 9.59 Å². The summed E-state index contributed by atoms with van der Waals surface area (Å²) in [5, 5.41) is 9.39. The summed E-state index contributed by atoms with van der Waals surface area (Å²) in [6, 6.07) is 0. The molecule has 0 radical (unpaired) electrons.